The summed E-state index contributed by atoms with van der Waals surface area (Å²) in [7, 11) is 0. The molecule has 0 bridgehead atoms. The summed E-state index contributed by atoms with van der Waals surface area (Å²) in [5.74, 6) is 0. The first-order chi connectivity index (χ1) is 38.7. The number of fused-ring (bicyclic) bond motifs is 15. The molecule has 9 heterocycles. The highest BCUT2D eigenvalue weighted by molar-refractivity contribution is 6.12. The van der Waals surface area contributed by atoms with Crippen LogP contribution in [0.1, 0.15) is 11.1 Å². The minimum atomic E-state index is 0.869. The Bertz CT molecular complexity index is 4660. The lowest BCUT2D eigenvalue weighted by Crippen LogP contribution is -1.96. The van der Waals surface area contributed by atoms with Crippen molar-refractivity contribution < 1.29 is 4.42 Å². The molecule has 17 aromatic rings. The van der Waals surface area contributed by atoms with Crippen molar-refractivity contribution >= 4 is 110 Å². The van der Waals surface area contributed by atoms with Crippen LogP contribution in [-0.2, 0) is 6.42 Å². The van der Waals surface area contributed by atoms with Gasteiger partial charge in [-0.15, -0.1) is 0 Å². The van der Waals surface area contributed by atoms with Gasteiger partial charge in [0.15, 0.2) is 0 Å². The number of hydrogen-bond acceptors (Lipinski definition) is 5. The molecule has 0 unspecified atom stereocenters. The molecular weight excluding hydrogens is 957 g/mol. The molecule has 366 valence electrons. The second-order valence-corrected chi connectivity index (χ2v) is 19.9. The zero-order valence-corrected chi connectivity index (χ0v) is 41.9. The van der Waals surface area contributed by atoms with Crippen molar-refractivity contribution in [3.8, 4) is 22.7 Å². The molecule has 0 saturated carbocycles. The predicted octanol–water partition coefficient (Wildman–Crippen LogP) is 16.8. The molecule has 0 spiro atoms. The quantitative estimate of drug-likeness (QED) is 0.166. The third-order valence-corrected chi connectivity index (χ3v) is 15.5. The molecule has 0 aliphatic rings. The van der Waals surface area contributed by atoms with Gasteiger partial charge in [-0.25, -0.2) is 0 Å². The topological polar surface area (TPSA) is 84.4 Å². The van der Waals surface area contributed by atoms with Crippen LogP contribution < -0.4 is 0 Å². The molecule has 0 aliphatic heterocycles. The molecule has 0 saturated heterocycles. The Labute approximate surface area is 445 Å². The summed E-state index contributed by atoms with van der Waals surface area (Å²) in [6, 6.07) is 81.1. The van der Waals surface area contributed by atoms with Crippen molar-refractivity contribution in [2.75, 3.05) is 0 Å². The molecule has 0 radical (unpaired) electrons. The van der Waals surface area contributed by atoms with Crippen LogP contribution in [0.4, 0.5) is 0 Å². The van der Waals surface area contributed by atoms with E-state index in [1.165, 1.54) is 32.9 Å². The Hall–Kier alpha value is -10.6. The molecule has 9 aromatic heterocycles. The molecule has 0 aliphatic carbocycles. The molecule has 78 heavy (non-hydrogen) atoms. The van der Waals surface area contributed by atoms with Crippen LogP contribution in [0.25, 0.3) is 132 Å². The van der Waals surface area contributed by atoms with Crippen molar-refractivity contribution in [3.05, 3.63) is 266 Å². The predicted molar refractivity (Wildman–Crippen MR) is 318 cm³/mol. The first kappa shape index (κ1) is 43.7. The van der Waals surface area contributed by atoms with Crippen LogP contribution in [0.2, 0.25) is 0 Å². The van der Waals surface area contributed by atoms with E-state index in [0.717, 1.165) is 117 Å². The van der Waals surface area contributed by atoms with Crippen molar-refractivity contribution in [3.63, 3.8) is 0 Å². The lowest BCUT2D eigenvalue weighted by molar-refractivity contribution is 0.669. The van der Waals surface area contributed by atoms with Gasteiger partial charge in [-0.1, -0.05) is 97.1 Å². The summed E-state index contributed by atoms with van der Waals surface area (Å²) in [4.78, 5) is 18.7. The zero-order valence-electron chi connectivity index (χ0n) is 41.9. The molecule has 0 atom stereocenters. The van der Waals surface area contributed by atoms with Crippen LogP contribution >= 0.6 is 0 Å². The molecule has 0 amide bonds. The van der Waals surface area contributed by atoms with E-state index in [0.29, 0.717) is 0 Å². The number of benzene rings is 8. The minimum Gasteiger partial charge on any atom is -0.456 e. The smallest absolute Gasteiger partial charge is 0.135 e. The third-order valence-electron chi connectivity index (χ3n) is 15.5. The number of nitrogens with zero attached hydrogens (tertiary/aromatic N) is 8. The highest BCUT2D eigenvalue weighted by Crippen LogP contribution is 2.38. The SMILES string of the molecule is c1ccc2c(c1)c1ncccc1n2-c1ccc(Cc2ccc(-n3c4ccccc4c4ncccc43)cc2)cc1.c1ccc2c(c1)c1ncccc1n2-c1ccc2oc3ccc(-n4c5ccccc5c5ncccc54)cc3c2c1. The van der Waals surface area contributed by atoms with E-state index in [-0.39, 0.29) is 0 Å². The first-order valence-corrected chi connectivity index (χ1v) is 26.2. The summed E-state index contributed by atoms with van der Waals surface area (Å²) >= 11 is 0. The van der Waals surface area contributed by atoms with Gasteiger partial charge in [0.1, 0.15) is 11.2 Å². The molecule has 0 N–H and O–H groups in total. The van der Waals surface area contributed by atoms with Crippen molar-refractivity contribution in [1.82, 2.24) is 38.2 Å². The number of aromatic nitrogens is 8. The van der Waals surface area contributed by atoms with Gasteiger partial charge in [-0.05, 0) is 151 Å². The monoisotopic (exact) mass is 1000 g/mol. The van der Waals surface area contributed by atoms with Crippen molar-refractivity contribution in [2.45, 2.75) is 6.42 Å². The lowest BCUT2D eigenvalue weighted by atomic mass is 10.0. The van der Waals surface area contributed by atoms with E-state index in [1.807, 2.05) is 49.1 Å². The molecule has 8 aromatic carbocycles. The maximum atomic E-state index is 6.30. The van der Waals surface area contributed by atoms with E-state index < -0.39 is 0 Å². The molecular formula is C69H44N8O. The fraction of sp³-hybridized carbons (Fsp3) is 0.0145. The van der Waals surface area contributed by atoms with E-state index in [9.17, 15) is 0 Å². The highest BCUT2D eigenvalue weighted by atomic mass is 16.3. The van der Waals surface area contributed by atoms with Gasteiger partial charge < -0.3 is 22.7 Å². The molecule has 9 heteroatoms. The van der Waals surface area contributed by atoms with Crippen molar-refractivity contribution in [1.29, 1.82) is 0 Å². The molecule has 9 nitrogen and oxygen atoms in total. The van der Waals surface area contributed by atoms with Gasteiger partial charge in [0.25, 0.3) is 0 Å². The maximum Gasteiger partial charge on any atom is 0.135 e. The third kappa shape index (κ3) is 6.81. The van der Waals surface area contributed by atoms with Gasteiger partial charge in [0.2, 0.25) is 0 Å². The highest BCUT2D eigenvalue weighted by Gasteiger charge is 2.19. The summed E-state index contributed by atoms with van der Waals surface area (Å²) in [5, 5.41) is 6.81. The average molecular weight is 1000 g/mol. The van der Waals surface area contributed by atoms with E-state index in [2.05, 4.69) is 234 Å². The number of rotatable bonds is 6. The Morgan fingerprint density at radius 1 is 0.256 bits per heavy atom. The molecule has 17 rings (SSSR count). The largest absolute Gasteiger partial charge is 0.456 e. The number of pyridine rings is 4. The standard InChI is InChI=1S/C35H24N4.C34H20N4O/c1-3-9-30-28(7-1)34-32(11-5-21-36-34)38(30)26-17-13-24(14-18-26)23-25-15-19-27(20-16-25)39-31-10-4-2-8-29(31)35-33(39)12-6-22-37-35;1-3-9-27-23(7-1)33-29(11-5-17-35-33)37(27)21-13-15-31-25(19-21)26-20-22(14-16-32(26)39-31)38-28-10-4-2-8-24(28)34-30(38)12-6-18-36-34/h1-22H,23H2;1-20H. The van der Waals surface area contributed by atoms with Gasteiger partial charge in [-0.3, -0.25) is 19.9 Å². The fourth-order valence-corrected chi connectivity index (χ4v) is 12.0. The number of para-hydroxylation sites is 4. The Morgan fingerprint density at radius 3 is 0.872 bits per heavy atom. The summed E-state index contributed by atoms with van der Waals surface area (Å²) < 4.78 is 15.5. The van der Waals surface area contributed by atoms with Gasteiger partial charge in [0, 0.05) is 79.9 Å². The number of furan rings is 1. The Morgan fingerprint density at radius 2 is 0.538 bits per heavy atom. The minimum absolute atomic E-state index is 0.869. The van der Waals surface area contributed by atoms with Crippen LogP contribution in [0.15, 0.2) is 260 Å². The van der Waals surface area contributed by atoms with Crippen LogP contribution in [0.5, 0.6) is 0 Å². The normalized spacial score (nSPS) is 11.9. The van der Waals surface area contributed by atoms with Crippen LogP contribution in [0.3, 0.4) is 0 Å². The molecule has 0 fully saturated rings. The first-order valence-electron chi connectivity index (χ1n) is 26.2. The summed E-state index contributed by atoms with van der Waals surface area (Å²) in [6.45, 7) is 0. The van der Waals surface area contributed by atoms with Gasteiger partial charge in [0.05, 0.1) is 66.2 Å². The zero-order chi connectivity index (χ0) is 51.3. The number of hydrogen-bond donors (Lipinski definition) is 0. The van der Waals surface area contributed by atoms with Crippen LogP contribution in [-0.4, -0.2) is 38.2 Å². The summed E-state index contributed by atoms with van der Waals surface area (Å²) in [5.41, 5.74) is 21.9. The lowest BCUT2D eigenvalue weighted by Gasteiger charge is -2.10. The van der Waals surface area contributed by atoms with Crippen molar-refractivity contribution in [2.24, 2.45) is 0 Å². The van der Waals surface area contributed by atoms with Gasteiger partial charge in [-0.2, -0.15) is 0 Å². The van der Waals surface area contributed by atoms with E-state index in [1.54, 1.807) is 0 Å². The second kappa shape index (κ2) is 17.5. The summed E-state index contributed by atoms with van der Waals surface area (Å²) in [6.07, 6.45) is 8.33. The average Bonchev–Trinajstić information content (AvgIpc) is 4.51. The van der Waals surface area contributed by atoms with E-state index in [4.69, 9.17) is 14.4 Å². The Kier molecular flexibility index (Phi) is 9.80. The fourth-order valence-electron chi connectivity index (χ4n) is 12.0. The van der Waals surface area contributed by atoms with E-state index >= 15 is 0 Å². The Balaban J connectivity index is 0.000000130. The second-order valence-electron chi connectivity index (χ2n) is 19.9. The van der Waals surface area contributed by atoms with Gasteiger partial charge >= 0.3 is 0 Å². The van der Waals surface area contributed by atoms with Crippen LogP contribution in [0, 0.1) is 0 Å². The maximum absolute atomic E-state index is 6.30.